The molecule has 3 N–H and O–H groups in total. The van der Waals surface area contributed by atoms with Gasteiger partial charge in [-0.3, -0.25) is 0 Å². The lowest BCUT2D eigenvalue weighted by molar-refractivity contribution is 0.0394. The van der Waals surface area contributed by atoms with Gasteiger partial charge in [-0.15, -0.1) is 0 Å². The lowest BCUT2D eigenvalue weighted by Crippen LogP contribution is -2.26. The molecule has 5 heteroatoms. The zero-order chi connectivity index (χ0) is 11.9. The molecule has 1 aromatic carbocycles. The van der Waals surface area contributed by atoms with Crippen LogP contribution in [0.25, 0.3) is 0 Å². The summed E-state index contributed by atoms with van der Waals surface area (Å²) in [7, 11) is 0. The Morgan fingerprint density at radius 1 is 1.56 bits per heavy atom. The van der Waals surface area contributed by atoms with E-state index in [1.165, 1.54) is 0 Å². The molecule has 2 rings (SSSR count). The lowest BCUT2D eigenvalue weighted by Gasteiger charge is -2.24. The molecule has 0 saturated heterocycles. The van der Waals surface area contributed by atoms with Crippen LogP contribution >= 0.6 is 27.5 Å². The van der Waals surface area contributed by atoms with Crippen LogP contribution in [0.15, 0.2) is 16.6 Å². The molecule has 0 aliphatic heterocycles. The van der Waals surface area contributed by atoms with E-state index in [2.05, 4.69) is 15.9 Å². The van der Waals surface area contributed by atoms with Crippen molar-refractivity contribution in [3.8, 4) is 0 Å². The number of hydrogen-bond acceptors (Lipinski definition) is 2. The average Bonchev–Trinajstić information content (AvgIpc) is 2.56. The van der Waals surface area contributed by atoms with Gasteiger partial charge in [0.15, 0.2) is 0 Å². The second-order valence-corrected chi connectivity index (χ2v) is 5.49. The summed E-state index contributed by atoms with van der Waals surface area (Å²) >= 11 is 8.94. The largest absolute Gasteiger partial charge is 0.385 e. The zero-order valence-electron chi connectivity index (χ0n) is 8.51. The molecule has 0 aromatic heterocycles. The van der Waals surface area contributed by atoms with Crippen molar-refractivity contribution < 1.29 is 9.50 Å². The molecule has 0 spiro atoms. The van der Waals surface area contributed by atoms with E-state index in [0.717, 1.165) is 0 Å². The lowest BCUT2D eigenvalue weighted by atomic mass is 9.91. The molecule has 1 fully saturated rings. The summed E-state index contributed by atoms with van der Waals surface area (Å²) in [6.45, 7) is 0. The minimum Gasteiger partial charge on any atom is -0.385 e. The summed E-state index contributed by atoms with van der Waals surface area (Å²) in [4.78, 5) is 0. The molecule has 88 valence electrons. The van der Waals surface area contributed by atoms with E-state index in [0.29, 0.717) is 23.7 Å². The Morgan fingerprint density at radius 3 is 2.81 bits per heavy atom. The topological polar surface area (TPSA) is 46.2 Å². The van der Waals surface area contributed by atoms with Crippen molar-refractivity contribution in [2.75, 3.05) is 0 Å². The molecule has 2 atom stereocenters. The molecule has 0 bridgehead atoms. The van der Waals surface area contributed by atoms with Crippen LogP contribution in [0.3, 0.4) is 0 Å². The van der Waals surface area contributed by atoms with Gasteiger partial charge in [0.2, 0.25) is 0 Å². The van der Waals surface area contributed by atoms with Gasteiger partial charge in [-0.2, -0.15) is 0 Å². The van der Waals surface area contributed by atoms with E-state index < -0.39 is 11.4 Å². The zero-order valence-corrected chi connectivity index (χ0v) is 10.9. The Balaban J connectivity index is 2.45. The Labute approximate surface area is 107 Å². The Morgan fingerprint density at radius 2 is 2.25 bits per heavy atom. The first-order valence-electron chi connectivity index (χ1n) is 5.06. The van der Waals surface area contributed by atoms with Crippen molar-refractivity contribution in [3.05, 3.63) is 33.0 Å². The van der Waals surface area contributed by atoms with Crippen molar-refractivity contribution in [1.29, 1.82) is 0 Å². The maximum Gasteiger partial charge on any atom is 0.149 e. The second kappa shape index (κ2) is 4.26. The van der Waals surface area contributed by atoms with Gasteiger partial charge >= 0.3 is 0 Å². The minimum atomic E-state index is -1.17. The highest BCUT2D eigenvalue weighted by Crippen LogP contribution is 2.41. The van der Waals surface area contributed by atoms with E-state index in [1.807, 2.05) is 0 Å². The van der Waals surface area contributed by atoms with Crippen LogP contribution in [0, 0.1) is 5.82 Å². The third kappa shape index (κ3) is 1.99. The SMILES string of the molecule is NC1CCC(O)(c2ccc(Br)c(Cl)c2F)C1. The molecule has 0 radical (unpaired) electrons. The van der Waals surface area contributed by atoms with Gasteiger partial charge in [0.05, 0.1) is 10.6 Å². The molecule has 16 heavy (non-hydrogen) atoms. The van der Waals surface area contributed by atoms with Crippen molar-refractivity contribution >= 4 is 27.5 Å². The Hall–Kier alpha value is -0.160. The van der Waals surface area contributed by atoms with Crippen LogP contribution in [-0.4, -0.2) is 11.1 Å². The maximum atomic E-state index is 13.9. The highest BCUT2D eigenvalue weighted by molar-refractivity contribution is 9.10. The van der Waals surface area contributed by atoms with Gasteiger partial charge in [0.1, 0.15) is 5.82 Å². The first-order valence-corrected chi connectivity index (χ1v) is 6.23. The molecule has 2 unspecified atom stereocenters. The van der Waals surface area contributed by atoms with Crippen LogP contribution in [0.5, 0.6) is 0 Å². The Bertz CT molecular complexity index is 429. The second-order valence-electron chi connectivity index (χ2n) is 4.26. The van der Waals surface area contributed by atoms with Crippen LogP contribution in [0.4, 0.5) is 4.39 Å². The number of hydrogen-bond donors (Lipinski definition) is 2. The summed E-state index contributed by atoms with van der Waals surface area (Å²) in [5, 5.41) is 10.3. The van der Waals surface area contributed by atoms with Gasteiger partial charge in [-0.1, -0.05) is 17.7 Å². The normalized spacial score (nSPS) is 29.7. The number of nitrogens with two attached hydrogens (primary N) is 1. The number of rotatable bonds is 1. The van der Waals surface area contributed by atoms with Gasteiger partial charge in [0.25, 0.3) is 0 Å². The standard InChI is InChI=1S/C11H12BrClFNO/c12-8-2-1-7(10(14)9(8)13)11(16)4-3-6(15)5-11/h1-2,6,16H,3-5,15H2. The van der Waals surface area contributed by atoms with Crippen LogP contribution < -0.4 is 5.73 Å². The molecule has 1 aromatic rings. The predicted octanol–water partition coefficient (Wildman–Crippen LogP) is 2.94. The van der Waals surface area contributed by atoms with Gasteiger partial charge in [-0.05, 0) is 41.3 Å². The summed E-state index contributed by atoms with van der Waals surface area (Å²) in [5.41, 5.74) is 4.81. The summed E-state index contributed by atoms with van der Waals surface area (Å²) in [6.07, 6.45) is 1.55. The molecule has 1 aliphatic carbocycles. The molecule has 0 heterocycles. The summed E-state index contributed by atoms with van der Waals surface area (Å²) < 4.78 is 14.4. The van der Waals surface area contributed by atoms with Crippen LogP contribution in [-0.2, 0) is 5.60 Å². The highest BCUT2D eigenvalue weighted by Gasteiger charge is 2.39. The number of aliphatic hydroxyl groups is 1. The highest BCUT2D eigenvalue weighted by atomic mass is 79.9. The van der Waals surface area contributed by atoms with Crippen molar-refractivity contribution in [2.45, 2.75) is 30.9 Å². The summed E-state index contributed by atoms with van der Waals surface area (Å²) in [6, 6.07) is 3.12. The molecule has 0 amide bonds. The fourth-order valence-corrected chi connectivity index (χ4v) is 2.66. The van der Waals surface area contributed by atoms with E-state index in [9.17, 15) is 9.50 Å². The number of benzene rings is 1. The molecular weight excluding hydrogens is 296 g/mol. The maximum absolute atomic E-state index is 13.9. The smallest absolute Gasteiger partial charge is 0.149 e. The van der Waals surface area contributed by atoms with E-state index in [-0.39, 0.29) is 16.6 Å². The predicted molar refractivity (Wildman–Crippen MR) is 64.8 cm³/mol. The first kappa shape index (κ1) is 12.3. The Kier molecular flexibility index (Phi) is 3.27. The third-order valence-electron chi connectivity index (χ3n) is 3.07. The van der Waals surface area contributed by atoms with Gasteiger partial charge in [-0.25, -0.2) is 4.39 Å². The van der Waals surface area contributed by atoms with Crippen molar-refractivity contribution in [1.82, 2.24) is 0 Å². The van der Waals surface area contributed by atoms with E-state index in [1.54, 1.807) is 12.1 Å². The van der Waals surface area contributed by atoms with Gasteiger partial charge in [0, 0.05) is 16.1 Å². The molecule has 2 nitrogen and oxygen atoms in total. The van der Waals surface area contributed by atoms with Crippen LogP contribution in [0.2, 0.25) is 5.02 Å². The number of halogens is 3. The minimum absolute atomic E-state index is 0.00592. The van der Waals surface area contributed by atoms with Gasteiger partial charge < -0.3 is 10.8 Å². The quantitative estimate of drug-likeness (QED) is 0.784. The first-order chi connectivity index (χ1) is 7.44. The van der Waals surface area contributed by atoms with E-state index >= 15 is 0 Å². The van der Waals surface area contributed by atoms with Crippen LogP contribution in [0.1, 0.15) is 24.8 Å². The fourth-order valence-electron chi connectivity index (χ4n) is 2.19. The molecular formula is C11H12BrClFNO. The fraction of sp³-hybridized carbons (Fsp3) is 0.455. The third-order valence-corrected chi connectivity index (χ3v) is 4.32. The van der Waals surface area contributed by atoms with Crippen molar-refractivity contribution in [3.63, 3.8) is 0 Å². The molecule has 1 saturated carbocycles. The van der Waals surface area contributed by atoms with E-state index in [4.69, 9.17) is 17.3 Å². The average molecular weight is 309 g/mol. The molecule has 1 aliphatic rings. The van der Waals surface area contributed by atoms with Crippen molar-refractivity contribution in [2.24, 2.45) is 5.73 Å². The monoisotopic (exact) mass is 307 g/mol. The summed E-state index contributed by atoms with van der Waals surface area (Å²) in [5.74, 6) is -0.562.